The first kappa shape index (κ1) is 17.0. The monoisotopic (exact) mass is 314 g/mol. The van der Waals surface area contributed by atoms with E-state index in [1.165, 1.54) is 0 Å². The van der Waals surface area contributed by atoms with E-state index < -0.39 is 0 Å². The molecule has 0 spiro atoms. The van der Waals surface area contributed by atoms with Gasteiger partial charge in [-0.25, -0.2) is 0 Å². The van der Waals surface area contributed by atoms with Crippen LogP contribution in [0.25, 0.3) is 11.1 Å². The van der Waals surface area contributed by atoms with Gasteiger partial charge in [0.15, 0.2) is 0 Å². The SMILES string of the molecule is CCOC(=O)Cc1ccc(OC)c(-c2ccc(C)cc2CO)c1. The Balaban J connectivity index is 2.46. The zero-order chi connectivity index (χ0) is 16.8. The molecule has 0 fully saturated rings. The predicted octanol–water partition coefficient (Wildman–Crippen LogP) is 3.27. The molecule has 2 aromatic rings. The van der Waals surface area contributed by atoms with Crippen LogP contribution >= 0.6 is 0 Å². The third kappa shape index (κ3) is 4.11. The molecule has 0 aliphatic carbocycles. The van der Waals surface area contributed by atoms with E-state index in [2.05, 4.69) is 0 Å². The van der Waals surface area contributed by atoms with Gasteiger partial charge in [-0.1, -0.05) is 29.8 Å². The van der Waals surface area contributed by atoms with Gasteiger partial charge < -0.3 is 14.6 Å². The second-order valence-electron chi connectivity index (χ2n) is 5.34. The molecule has 0 saturated carbocycles. The molecule has 0 aromatic heterocycles. The lowest BCUT2D eigenvalue weighted by Crippen LogP contribution is -2.07. The molecule has 122 valence electrons. The quantitative estimate of drug-likeness (QED) is 0.832. The molecule has 0 aliphatic rings. The van der Waals surface area contributed by atoms with Gasteiger partial charge in [0.25, 0.3) is 0 Å². The molecule has 2 aromatic carbocycles. The molecule has 0 bridgehead atoms. The van der Waals surface area contributed by atoms with Crippen molar-refractivity contribution in [2.75, 3.05) is 13.7 Å². The number of carbonyl (C=O) groups is 1. The van der Waals surface area contributed by atoms with Gasteiger partial charge in [-0.05, 0) is 42.7 Å². The first-order valence-electron chi connectivity index (χ1n) is 7.62. The number of rotatable bonds is 6. The zero-order valence-corrected chi connectivity index (χ0v) is 13.8. The molecule has 0 unspecified atom stereocenters. The third-order valence-electron chi connectivity index (χ3n) is 3.64. The first-order chi connectivity index (χ1) is 11.1. The second kappa shape index (κ2) is 7.79. The summed E-state index contributed by atoms with van der Waals surface area (Å²) in [7, 11) is 1.61. The normalized spacial score (nSPS) is 10.4. The van der Waals surface area contributed by atoms with E-state index in [0.717, 1.165) is 27.8 Å². The molecule has 23 heavy (non-hydrogen) atoms. The van der Waals surface area contributed by atoms with E-state index in [0.29, 0.717) is 12.4 Å². The molecular weight excluding hydrogens is 292 g/mol. The molecule has 0 heterocycles. The summed E-state index contributed by atoms with van der Waals surface area (Å²) in [4.78, 5) is 11.7. The fourth-order valence-corrected chi connectivity index (χ4v) is 2.57. The van der Waals surface area contributed by atoms with E-state index in [1.54, 1.807) is 14.0 Å². The maximum Gasteiger partial charge on any atom is 0.310 e. The van der Waals surface area contributed by atoms with E-state index >= 15 is 0 Å². The van der Waals surface area contributed by atoms with Gasteiger partial charge in [-0.2, -0.15) is 0 Å². The van der Waals surface area contributed by atoms with Crippen LogP contribution in [0, 0.1) is 6.92 Å². The summed E-state index contributed by atoms with van der Waals surface area (Å²) in [6.07, 6.45) is 0.213. The Kier molecular flexibility index (Phi) is 5.77. The molecule has 0 radical (unpaired) electrons. The fourth-order valence-electron chi connectivity index (χ4n) is 2.57. The van der Waals surface area contributed by atoms with Crippen molar-refractivity contribution in [3.63, 3.8) is 0 Å². The number of carbonyl (C=O) groups excluding carboxylic acids is 1. The Bertz CT molecular complexity index is 692. The van der Waals surface area contributed by atoms with Crippen LogP contribution in [0.15, 0.2) is 36.4 Å². The van der Waals surface area contributed by atoms with Gasteiger partial charge in [-0.3, -0.25) is 4.79 Å². The topological polar surface area (TPSA) is 55.8 Å². The van der Waals surface area contributed by atoms with Crippen molar-refractivity contribution < 1.29 is 19.4 Å². The number of hydrogen-bond acceptors (Lipinski definition) is 4. The highest BCUT2D eigenvalue weighted by atomic mass is 16.5. The highest BCUT2D eigenvalue weighted by molar-refractivity contribution is 5.77. The van der Waals surface area contributed by atoms with Crippen molar-refractivity contribution in [3.8, 4) is 16.9 Å². The lowest BCUT2D eigenvalue weighted by atomic mass is 9.95. The number of methoxy groups -OCH3 is 1. The van der Waals surface area contributed by atoms with Crippen molar-refractivity contribution in [1.82, 2.24) is 0 Å². The number of hydrogen-bond donors (Lipinski definition) is 1. The molecule has 4 heteroatoms. The van der Waals surface area contributed by atoms with Crippen molar-refractivity contribution in [2.45, 2.75) is 26.9 Å². The maximum absolute atomic E-state index is 11.7. The molecule has 0 atom stereocenters. The van der Waals surface area contributed by atoms with E-state index in [-0.39, 0.29) is 19.0 Å². The van der Waals surface area contributed by atoms with Crippen LogP contribution in [0.4, 0.5) is 0 Å². The predicted molar refractivity (Wildman–Crippen MR) is 89.4 cm³/mol. The van der Waals surface area contributed by atoms with Gasteiger partial charge in [0, 0.05) is 5.56 Å². The van der Waals surface area contributed by atoms with Gasteiger partial charge in [0.1, 0.15) is 5.75 Å². The molecule has 0 saturated heterocycles. The molecule has 1 N–H and O–H groups in total. The van der Waals surface area contributed by atoms with Crippen LogP contribution in [0.3, 0.4) is 0 Å². The van der Waals surface area contributed by atoms with Crippen LogP contribution in [0.1, 0.15) is 23.6 Å². The number of ether oxygens (including phenoxy) is 2. The summed E-state index contributed by atoms with van der Waals surface area (Å²) in [5, 5.41) is 9.64. The Morgan fingerprint density at radius 1 is 1.13 bits per heavy atom. The maximum atomic E-state index is 11.7. The summed E-state index contributed by atoms with van der Waals surface area (Å²) < 4.78 is 10.4. The average molecular weight is 314 g/mol. The van der Waals surface area contributed by atoms with Gasteiger partial charge >= 0.3 is 5.97 Å². The van der Waals surface area contributed by atoms with Gasteiger partial charge in [-0.15, -0.1) is 0 Å². The number of benzene rings is 2. The third-order valence-corrected chi connectivity index (χ3v) is 3.64. The van der Waals surface area contributed by atoms with Crippen LogP contribution in [0.5, 0.6) is 5.75 Å². The zero-order valence-electron chi connectivity index (χ0n) is 13.8. The minimum Gasteiger partial charge on any atom is -0.496 e. The van der Waals surface area contributed by atoms with E-state index in [4.69, 9.17) is 9.47 Å². The Morgan fingerprint density at radius 3 is 2.57 bits per heavy atom. The van der Waals surface area contributed by atoms with Gasteiger partial charge in [0.2, 0.25) is 0 Å². The van der Waals surface area contributed by atoms with Crippen molar-refractivity contribution >= 4 is 5.97 Å². The largest absolute Gasteiger partial charge is 0.496 e. The molecule has 2 rings (SSSR count). The standard InChI is InChI=1S/C19H22O4/c1-4-23-19(21)11-14-6-8-18(22-3)17(10-14)16-7-5-13(2)9-15(16)12-20/h5-10,20H,4,11-12H2,1-3H3. The summed E-state index contributed by atoms with van der Waals surface area (Å²) >= 11 is 0. The smallest absolute Gasteiger partial charge is 0.310 e. The first-order valence-corrected chi connectivity index (χ1v) is 7.62. The Morgan fingerprint density at radius 2 is 1.91 bits per heavy atom. The molecule has 4 nitrogen and oxygen atoms in total. The number of aliphatic hydroxyl groups is 1. The van der Waals surface area contributed by atoms with Crippen LogP contribution in [-0.4, -0.2) is 24.8 Å². The minimum atomic E-state index is -0.255. The Hall–Kier alpha value is -2.33. The lowest BCUT2D eigenvalue weighted by molar-refractivity contribution is -0.142. The molecule has 0 aliphatic heterocycles. The average Bonchev–Trinajstić information content (AvgIpc) is 2.54. The second-order valence-corrected chi connectivity index (χ2v) is 5.34. The van der Waals surface area contributed by atoms with E-state index in [1.807, 2.05) is 43.3 Å². The van der Waals surface area contributed by atoms with Gasteiger partial charge in [0.05, 0.1) is 26.7 Å². The lowest BCUT2D eigenvalue weighted by Gasteiger charge is -2.14. The van der Waals surface area contributed by atoms with Crippen LogP contribution in [-0.2, 0) is 22.6 Å². The number of esters is 1. The van der Waals surface area contributed by atoms with Crippen LogP contribution < -0.4 is 4.74 Å². The minimum absolute atomic E-state index is 0.0533. The Labute approximate surface area is 136 Å². The highest BCUT2D eigenvalue weighted by Gasteiger charge is 2.13. The van der Waals surface area contributed by atoms with Crippen molar-refractivity contribution in [1.29, 1.82) is 0 Å². The van der Waals surface area contributed by atoms with Crippen LogP contribution in [0.2, 0.25) is 0 Å². The summed E-state index contributed by atoms with van der Waals surface area (Å²) in [6, 6.07) is 11.5. The number of aryl methyl sites for hydroxylation is 1. The molecule has 0 amide bonds. The van der Waals surface area contributed by atoms with E-state index in [9.17, 15) is 9.90 Å². The summed E-state index contributed by atoms with van der Waals surface area (Å²) in [6.45, 7) is 4.09. The summed E-state index contributed by atoms with van der Waals surface area (Å²) in [5.41, 5.74) is 4.53. The molecular formula is C19H22O4. The van der Waals surface area contributed by atoms with Crippen molar-refractivity contribution in [2.24, 2.45) is 0 Å². The highest BCUT2D eigenvalue weighted by Crippen LogP contribution is 2.34. The summed E-state index contributed by atoms with van der Waals surface area (Å²) in [5.74, 6) is 0.450. The number of aliphatic hydroxyl groups excluding tert-OH is 1. The fraction of sp³-hybridized carbons (Fsp3) is 0.316. The van der Waals surface area contributed by atoms with Crippen molar-refractivity contribution in [3.05, 3.63) is 53.1 Å².